The van der Waals surface area contributed by atoms with Crippen LogP contribution in [0.25, 0.3) is 0 Å². The van der Waals surface area contributed by atoms with Crippen LogP contribution >= 0.6 is 0 Å². The second-order valence-corrected chi connectivity index (χ2v) is 8.47. The molecule has 1 fully saturated rings. The number of carbonyl (C=O) groups excluding carboxylic acids is 6. The largest absolute Gasteiger partial charge is 0.460 e. The van der Waals surface area contributed by atoms with Crippen molar-refractivity contribution >= 4 is 35.9 Å². The Morgan fingerprint density at radius 2 is 1.74 bits per heavy atom. The van der Waals surface area contributed by atoms with Crippen LogP contribution in [0.1, 0.15) is 46.1 Å². The number of urea groups is 1. The second-order valence-electron chi connectivity index (χ2n) is 8.47. The van der Waals surface area contributed by atoms with Crippen molar-refractivity contribution in [2.75, 3.05) is 6.54 Å². The van der Waals surface area contributed by atoms with Crippen LogP contribution in [0, 0.1) is 0 Å². The number of benzene rings is 1. The Hall–Kier alpha value is -4.16. The average Bonchev–Trinajstić information content (AvgIpc) is 3.03. The van der Waals surface area contributed by atoms with Crippen molar-refractivity contribution in [2.24, 2.45) is 0 Å². The van der Waals surface area contributed by atoms with Crippen LogP contribution in [0.15, 0.2) is 30.3 Å². The number of amides is 5. The maximum absolute atomic E-state index is 12.7. The lowest BCUT2D eigenvalue weighted by molar-refractivity contribution is -0.160. The van der Waals surface area contributed by atoms with Crippen molar-refractivity contribution in [2.45, 2.75) is 58.8 Å². The minimum absolute atomic E-state index is 0.0427. The van der Waals surface area contributed by atoms with Gasteiger partial charge in [-0.3, -0.25) is 14.4 Å². The van der Waals surface area contributed by atoms with Crippen LogP contribution in [0.5, 0.6) is 0 Å². The predicted octanol–water partition coefficient (Wildman–Crippen LogP) is 1.18. The van der Waals surface area contributed by atoms with E-state index in [-0.39, 0.29) is 6.61 Å². The molecular weight excluding hydrogens is 464 g/mol. The third-order valence-electron chi connectivity index (χ3n) is 4.38. The number of hydrogen-bond donors (Lipinski definition) is 2. The monoisotopic (exact) mass is 492 g/mol. The fraction of sp³-hybridized carbons (Fsp3) is 0.455. The minimum Gasteiger partial charge on any atom is -0.460 e. The van der Waals surface area contributed by atoms with Gasteiger partial charge in [0.05, 0.1) is 19.4 Å². The van der Waals surface area contributed by atoms with Gasteiger partial charge in [0.15, 0.2) is 0 Å². The van der Waals surface area contributed by atoms with Crippen LogP contribution < -0.4 is 10.8 Å². The van der Waals surface area contributed by atoms with Crippen molar-refractivity contribution in [3.63, 3.8) is 0 Å². The molecule has 5 amide bonds. The lowest BCUT2D eigenvalue weighted by atomic mass is 10.1. The molecule has 2 N–H and O–H groups in total. The summed E-state index contributed by atoms with van der Waals surface area (Å²) in [6, 6.07) is 6.65. The van der Waals surface area contributed by atoms with Crippen LogP contribution in [0.4, 0.5) is 9.59 Å². The Labute approximate surface area is 201 Å². The molecule has 1 aliphatic rings. The molecular formula is C22H28N4O9. The lowest BCUT2D eigenvalue weighted by Gasteiger charge is -2.27. The van der Waals surface area contributed by atoms with Crippen LogP contribution in [-0.2, 0) is 40.1 Å². The zero-order chi connectivity index (χ0) is 26.2. The third-order valence-corrected chi connectivity index (χ3v) is 4.38. The SMILES string of the molecule is CC(=O)N(CCC(=O)ONC(=O)OCc1ccccc1)N1C(=O)N[C@@H](CC(=O)OC(C)(C)C)C1=O. The summed E-state index contributed by atoms with van der Waals surface area (Å²) in [6.07, 6.45) is -1.90. The summed E-state index contributed by atoms with van der Waals surface area (Å²) in [5, 5.41) is 3.57. The smallest absolute Gasteiger partial charge is 0.441 e. The summed E-state index contributed by atoms with van der Waals surface area (Å²) in [5.41, 5.74) is 1.76. The zero-order valence-corrected chi connectivity index (χ0v) is 19.9. The van der Waals surface area contributed by atoms with Gasteiger partial charge in [0.25, 0.3) is 5.91 Å². The molecule has 2 rings (SSSR count). The molecule has 0 bridgehead atoms. The normalized spacial score (nSPS) is 15.2. The topological polar surface area (TPSA) is 161 Å². The van der Waals surface area contributed by atoms with E-state index < -0.39 is 66.9 Å². The molecule has 1 heterocycles. The van der Waals surface area contributed by atoms with E-state index in [0.717, 1.165) is 17.5 Å². The first kappa shape index (κ1) is 27.1. The summed E-state index contributed by atoms with van der Waals surface area (Å²) in [4.78, 5) is 77.3. The van der Waals surface area contributed by atoms with E-state index in [0.29, 0.717) is 5.01 Å². The van der Waals surface area contributed by atoms with E-state index >= 15 is 0 Å². The van der Waals surface area contributed by atoms with E-state index in [1.54, 1.807) is 51.1 Å². The molecule has 1 aromatic carbocycles. The van der Waals surface area contributed by atoms with Crippen LogP contribution in [0.3, 0.4) is 0 Å². The van der Waals surface area contributed by atoms with E-state index in [1.165, 1.54) is 0 Å². The number of carbonyl (C=O) groups is 6. The quantitative estimate of drug-likeness (QED) is 0.235. The third kappa shape index (κ3) is 8.61. The highest BCUT2D eigenvalue weighted by Crippen LogP contribution is 2.16. The van der Waals surface area contributed by atoms with Gasteiger partial charge in [-0.25, -0.2) is 19.4 Å². The predicted molar refractivity (Wildman–Crippen MR) is 117 cm³/mol. The van der Waals surface area contributed by atoms with Gasteiger partial charge in [0.1, 0.15) is 18.2 Å². The van der Waals surface area contributed by atoms with Crippen LogP contribution in [-0.4, -0.2) is 64.1 Å². The molecule has 0 saturated carbocycles. The second kappa shape index (κ2) is 11.8. The molecule has 13 nitrogen and oxygen atoms in total. The molecule has 1 aromatic rings. The summed E-state index contributed by atoms with van der Waals surface area (Å²) in [5.74, 6) is -3.23. The highest BCUT2D eigenvalue weighted by atomic mass is 16.7. The molecule has 0 aromatic heterocycles. The van der Waals surface area contributed by atoms with Gasteiger partial charge in [0.2, 0.25) is 5.91 Å². The number of imide groups is 1. The Morgan fingerprint density at radius 1 is 1.09 bits per heavy atom. The molecule has 190 valence electrons. The van der Waals surface area contributed by atoms with E-state index in [9.17, 15) is 28.8 Å². The molecule has 1 aliphatic heterocycles. The number of nitrogens with one attached hydrogen (secondary N) is 2. The molecule has 0 spiro atoms. The number of hydroxylamine groups is 1. The molecule has 0 unspecified atom stereocenters. The maximum Gasteiger partial charge on any atom is 0.441 e. The van der Waals surface area contributed by atoms with Crippen LogP contribution in [0.2, 0.25) is 0 Å². The van der Waals surface area contributed by atoms with Gasteiger partial charge >= 0.3 is 24.1 Å². The average molecular weight is 492 g/mol. The molecule has 0 radical (unpaired) electrons. The molecule has 1 saturated heterocycles. The summed E-state index contributed by atoms with van der Waals surface area (Å²) >= 11 is 0. The first-order valence-corrected chi connectivity index (χ1v) is 10.7. The fourth-order valence-corrected chi connectivity index (χ4v) is 2.93. The van der Waals surface area contributed by atoms with Crippen molar-refractivity contribution in [1.82, 2.24) is 20.8 Å². The van der Waals surface area contributed by atoms with Gasteiger partial charge in [-0.1, -0.05) is 30.3 Å². The van der Waals surface area contributed by atoms with Gasteiger partial charge < -0.3 is 19.6 Å². The van der Waals surface area contributed by atoms with E-state index in [1.807, 2.05) is 5.48 Å². The Morgan fingerprint density at radius 3 is 2.34 bits per heavy atom. The highest BCUT2D eigenvalue weighted by Gasteiger charge is 2.44. The number of rotatable bonds is 8. The van der Waals surface area contributed by atoms with Gasteiger partial charge in [-0.15, -0.1) is 5.48 Å². The number of ether oxygens (including phenoxy) is 2. The van der Waals surface area contributed by atoms with Crippen molar-refractivity contribution in [3.05, 3.63) is 35.9 Å². The van der Waals surface area contributed by atoms with Gasteiger partial charge in [-0.05, 0) is 26.3 Å². The van der Waals surface area contributed by atoms with Gasteiger partial charge in [-0.2, -0.15) is 5.01 Å². The first-order valence-electron chi connectivity index (χ1n) is 10.7. The van der Waals surface area contributed by atoms with Gasteiger partial charge in [0, 0.05) is 6.92 Å². The molecule has 13 heteroatoms. The lowest BCUT2D eigenvalue weighted by Crippen LogP contribution is -2.50. The van der Waals surface area contributed by atoms with Crippen molar-refractivity contribution in [1.29, 1.82) is 0 Å². The molecule has 1 atom stereocenters. The summed E-state index contributed by atoms with van der Waals surface area (Å²) in [6.45, 7) is 5.60. The number of hydrogen-bond acceptors (Lipinski definition) is 9. The standard InChI is InChI=1S/C22H28N4O9/c1-14(27)25(26-19(30)16(23-20(26)31)12-18(29)34-22(2,3)4)11-10-17(28)35-24-21(32)33-13-15-8-6-5-7-9-15/h5-9,16H,10-13H2,1-4H3,(H,23,31)(H,24,32)/t16-/m0/s1. The maximum atomic E-state index is 12.7. The molecule has 35 heavy (non-hydrogen) atoms. The Balaban J connectivity index is 1.85. The zero-order valence-electron chi connectivity index (χ0n) is 19.9. The highest BCUT2D eigenvalue weighted by molar-refractivity contribution is 6.06. The minimum atomic E-state index is -1.23. The summed E-state index contributed by atoms with van der Waals surface area (Å²) in [7, 11) is 0. The summed E-state index contributed by atoms with van der Waals surface area (Å²) < 4.78 is 10.0. The van der Waals surface area contributed by atoms with Crippen molar-refractivity contribution < 1.29 is 43.1 Å². The van der Waals surface area contributed by atoms with E-state index in [2.05, 4.69) is 10.2 Å². The van der Waals surface area contributed by atoms with Crippen molar-refractivity contribution in [3.8, 4) is 0 Å². The number of nitrogens with zero attached hydrogens (tertiary/aromatic N) is 2. The Kier molecular flexibility index (Phi) is 9.14. The van der Waals surface area contributed by atoms with E-state index in [4.69, 9.17) is 9.47 Å². The number of esters is 1. The Bertz CT molecular complexity index is 975. The molecule has 0 aliphatic carbocycles. The first-order chi connectivity index (χ1) is 16.4. The fourth-order valence-electron chi connectivity index (χ4n) is 2.93. The number of hydrazine groups is 1.